The fraction of sp³-hybridized carbons (Fsp3) is 0.500. The summed E-state index contributed by atoms with van der Waals surface area (Å²) < 4.78 is 0. The van der Waals surface area contributed by atoms with Crippen molar-refractivity contribution in [3.8, 4) is 0 Å². The number of benzene rings is 1. The van der Waals surface area contributed by atoms with Gasteiger partial charge < -0.3 is 5.32 Å². The Morgan fingerprint density at radius 2 is 2.00 bits per heavy atom. The quantitative estimate of drug-likeness (QED) is 0.927. The maximum absolute atomic E-state index is 4.24. The molecule has 0 saturated carbocycles. The van der Waals surface area contributed by atoms with E-state index in [1.165, 1.54) is 32.4 Å². The Balaban J connectivity index is 1.67. The molecule has 0 bridgehead atoms. The van der Waals surface area contributed by atoms with Crippen LogP contribution in [0.1, 0.15) is 26.2 Å². The van der Waals surface area contributed by atoms with E-state index in [2.05, 4.69) is 39.5 Å². The lowest BCUT2D eigenvalue weighted by Crippen LogP contribution is -2.41. The van der Waals surface area contributed by atoms with Crippen LogP contribution in [0.25, 0.3) is 10.8 Å². The van der Waals surface area contributed by atoms with Gasteiger partial charge in [-0.15, -0.1) is 5.10 Å². The SMILES string of the molecule is CC(CNc1nncc2ccccc12)N1CCCCC1. The first-order valence-corrected chi connectivity index (χ1v) is 7.53. The van der Waals surface area contributed by atoms with Crippen LogP contribution < -0.4 is 5.32 Å². The Bertz CT molecular complexity index is 558. The summed E-state index contributed by atoms with van der Waals surface area (Å²) in [5, 5.41) is 14.1. The smallest absolute Gasteiger partial charge is 0.156 e. The lowest BCUT2D eigenvalue weighted by Gasteiger charge is -2.32. The number of anilines is 1. The molecular formula is C16H22N4. The van der Waals surface area contributed by atoms with Gasteiger partial charge in [0, 0.05) is 23.4 Å². The molecule has 1 aliphatic heterocycles. The number of hydrogen-bond acceptors (Lipinski definition) is 4. The third kappa shape index (κ3) is 2.90. The van der Waals surface area contributed by atoms with Crippen LogP contribution in [-0.2, 0) is 0 Å². The average molecular weight is 270 g/mol. The minimum absolute atomic E-state index is 0.538. The van der Waals surface area contributed by atoms with Crippen molar-refractivity contribution < 1.29 is 0 Å². The van der Waals surface area contributed by atoms with E-state index in [1.54, 1.807) is 0 Å². The second kappa shape index (κ2) is 6.18. The highest BCUT2D eigenvalue weighted by Crippen LogP contribution is 2.19. The summed E-state index contributed by atoms with van der Waals surface area (Å²) in [5.74, 6) is 0.895. The van der Waals surface area contributed by atoms with Crippen LogP contribution in [0.15, 0.2) is 30.5 Å². The summed E-state index contributed by atoms with van der Waals surface area (Å²) in [6.45, 7) is 5.66. The lowest BCUT2D eigenvalue weighted by molar-refractivity contribution is 0.180. The van der Waals surface area contributed by atoms with Gasteiger partial charge in [0.2, 0.25) is 0 Å². The average Bonchev–Trinajstić information content (AvgIpc) is 2.53. The second-order valence-corrected chi connectivity index (χ2v) is 5.61. The van der Waals surface area contributed by atoms with Crippen molar-refractivity contribution in [3.05, 3.63) is 30.5 Å². The predicted octanol–water partition coefficient (Wildman–Crippen LogP) is 2.92. The minimum atomic E-state index is 0.538. The molecule has 106 valence electrons. The zero-order valence-electron chi connectivity index (χ0n) is 12.0. The molecule has 1 N–H and O–H groups in total. The van der Waals surface area contributed by atoms with E-state index in [0.29, 0.717) is 6.04 Å². The minimum Gasteiger partial charge on any atom is -0.367 e. The first-order valence-electron chi connectivity index (χ1n) is 7.53. The van der Waals surface area contributed by atoms with E-state index in [1.807, 2.05) is 18.3 Å². The molecule has 1 unspecified atom stereocenters. The van der Waals surface area contributed by atoms with Gasteiger partial charge in [-0.25, -0.2) is 0 Å². The van der Waals surface area contributed by atoms with Crippen molar-refractivity contribution in [1.82, 2.24) is 15.1 Å². The predicted molar refractivity (Wildman–Crippen MR) is 82.9 cm³/mol. The molecule has 1 aliphatic rings. The van der Waals surface area contributed by atoms with Crippen LogP contribution in [0.4, 0.5) is 5.82 Å². The zero-order valence-corrected chi connectivity index (χ0v) is 12.0. The molecule has 20 heavy (non-hydrogen) atoms. The van der Waals surface area contributed by atoms with Crippen molar-refractivity contribution >= 4 is 16.6 Å². The lowest BCUT2D eigenvalue weighted by atomic mass is 10.1. The first kappa shape index (κ1) is 13.3. The Morgan fingerprint density at radius 1 is 1.20 bits per heavy atom. The highest BCUT2D eigenvalue weighted by molar-refractivity contribution is 5.90. The maximum Gasteiger partial charge on any atom is 0.156 e. The number of rotatable bonds is 4. The van der Waals surface area contributed by atoms with E-state index in [9.17, 15) is 0 Å². The summed E-state index contributed by atoms with van der Waals surface area (Å²) in [4.78, 5) is 2.56. The number of hydrogen-bond donors (Lipinski definition) is 1. The molecule has 1 fully saturated rings. The summed E-state index contributed by atoms with van der Waals surface area (Å²) in [5.41, 5.74) is 0. The molecule has 0 radical (unpaired) electrons. The second-order valence-electron chi connectivity index (χ2n) is 5.61. The van der Waals surface area contributed by atoms with Gasteiger partial charge in [-0.3, -0.25) is 4.90 Å². The van der Waals surface area contributed by atoms with Crippen molar-refractivity contribution in [2.45, 2.75) is 32.2 Å². The molecule has 1 aromatic heterocycles. The molecule has 0 spiro atoms. The molecule has 3 rings (SSSR count). The largest absolute Gasteiger partial charge is 0.367 e. The van der Waals surface area contributed by atoms with Gasteiger partial charge in [0.1, 0.15) is 0 Å². The highest BCUT2D eigenvalue weighted by Gasteiger charge is 2.16. The Morgan fingerprint density at radius 3 is 2.85 bits per heavy atom. The Labute approximate surface area is 120 Å². The third-order valence-electron chi connectivity index (χ3n) is 4.15. The van der Waals surface area contributed by atoms with Crippen molar-refractivity contribution in [1.29, 1.82) is 0 Å². The van der Waals surface area contributed by atoms with Crippen molar-refractivity contribution in [2.24, 2.45) is 0 Å². The number of likely N-dealkylation sites (tertiary alicyclic amines) is 1. The highest BCUT2D eigenvalue weighted by atomic mass is 15.2. The van der Waals surface area contributed by atoms with Gasteiger partial charge in [-0.2, -0.15) is 5.10 Å². The van der Waals surface area contributed by atoms with Gasteiger partial charge >= 0.3 is 0 Å². The van der Waals surface area contributed by atoms with E-state index >= 15 is 0 Å². The number of piperidine rings is 1. The topological polar surface area (TPSA) is 41.1 Å². The van der Waals surface area contributed by atoms with Crippen molar-refractivity contribution in [3.63, 3.8) is 0 Å². The van der Waals surface area contributed by atoms with Crippen LogP contribution in [0.5, 0.6) is 0 Å². The van der Waals surface area contributed by atoms with Crippen LogP contribution in [0, 0.1) is 0 Å². The van der Waals surface area contributed by atoms with Crippen LogP contribution in [0.3, 0.4) is 0 Å². The molecule has 0 amide bonds. The fourth-order valence-corrected chi connectivity index (χ4v) is 2.89. The summed E-state index contributed by atoms with van der Waals surface area (Å²) in [6, 6.07) is 8.78. The first-order chi connectivity index (χ1) is 9.84. The van der Waals surface area contributed by atoms with E-state index in [4.69, 9.17) is 0 Å². The normalized spacial score (nSPS) is 18.1. The van der Waals surface area contributed by atoms with Gasteiger partial charge in [0.25, 0.3) is 0 Å². The number of nitrogens with zero attached hydrogens (tertiary/aromatic N) is 3. The van der Waals surface area contributed by atoms with Crippen LogP contribution >= 0.6 is 0 Å². The summed E-state index contributed by atoms with van der Waals surface area (Å²) in [6.07, 6.45) is 5.86. The van der Waals surface area contributed by atoms with Gasteiger partial charge in [-0.1, -0.05) is 30.7 Å². The number of aromatic nitrogens is 2. The van der Waals surface area contributed by atoms with Gasteiger partial charge in [0.15, 0.2) is 5.82 Å². The number of fused-ring (bicyclic) bond motifs is 1. The standard InChI is InChI=1S/C16H22N4/c1-13(20-9-5-2-6-10-20)11-17-16-15-8-4-3-7-14(15)12-18-19-16/h3-4,7-8,12-13H,2,5-6,9-11H2,1H3,(H,17,19). The van der Waals surface area contributed by atoms with Gasteiger partial charge in [-0.05, 0) is 32.9 Å². The monoisotopic (exact) mass is 270 g/mol. The van der Waals surface area contributed by atoms with E-state index in [0.717, 1.165) is 23.1 Å². The Hall–Kier alpha value is -1.68. The number of nitrogens with one attached hydrogen (secondary N) is 1. The molecule has 1 atom stereocenters. The summed E-state index contributed by atoms with van der Waals surface area (Å²) >= 11 is 0. The fourth-order valence-electron chi connectivity index (χ4n) is 2.89. The van der Waals surface area contributed by atoms with Gasteiger partial charge in [0.05, 0.1) is 6.20 Å². The zero-order chi connectivity index (χ0) is 13.8. The molecule has 0 aliphatic carbocycles. The molecule has 2 heterocycles. The molecule has 4 nitrogen and oxygen atoms in total. The molecule has 1 saturated heterocycles. The molecular weight excluding hydrogens is 248 g/mol. The molecule has 2 aromatic rings. The van der Waals surface area contributed by atoms with Crippen molar-refractivity contribution in [2.75, 3.05) is 25.0 Å². The van der Waals surface area contributed by atoms with E-state index < -0.39 is 0 Å². The Kier molecular flexibility index (Phi) is 4.11. The third-order valence-corrected chi connectivity index (χ3v) is 4.15. The van der Waals surface area contributed by atoms with E-state index in [-0.39, 0.29) is 0 Å². The molecule has 4 heteroatoms. The van der Waals surface area contributed by atoms with Crippen LogP contribution in [0.2, 0.25) is 0 Å². The summed E-state index contributed by atoms with van der Waals surface area (Å²) in [7, 11) is 0. The van der Waals surface area contributed by atoms with Crippen LogP contribution in [-0.4, -0.2) is 40.8 Å². The maximum atomic E-state index is 4.24. The molecule has 1 aromatic carbocycles.